The Morgan fingerprint density at radius 1 is 1.14 bits per heavy atom. The molecule has 0 aliphatic heterocycles. The molecule has 6 nitrogen and oxygen atoms in total. The first-order valence-electron chi connectivity index (χ1n) is 8.66. The van der Waals surface area contributed by atoms with Gasteiger partial charge in [0, 0.05) is 10.0 Å². The molecule has 2 aromatic carbocycles. The Morgan fingerprint density at radius 2 is 1.82 bits per heavy atom. The minimum absolute atomic E-state index is 0.0195. The molecular formula is C20H22BrN3O3S. The SMILES string of the molecule is Cc1cc(OCC(=O)NC(=S)NNC(=O)c2ccccc2)c(C(C)C)cc1Br. The fraction of sp³-hybridized carbons (Fsp3) is 0.250. The highest BCUT2D eigenvalue weighted by atomic mass is 79.9. The molecule has 8 heteroatoms. The molecule has 0 aliphatic rings. The lowest BCUT2D eigenvalue weighted by Gasteiger charge is -2.16. The van der Waals surface area contributed by atoms with Gasteiger partial charge in [0.05, 0.1) is 0 Å². The quantitative estimate of drug-likeness (QED) is 0.466. The van der Waals surface area contributed by atoms with Crippen LogP contribution >= 0.6 is 28.1 Å². The van der Waals surface area contributed by atoms with Crippen molar-refractivity contribution >= 4 is 45.1 Å². The lowest BCUT2D eigenvalue weighted by atomic mass is 10.0. The number of halogens is 1. The monoisotopic (exact) mass is 463 g/mol. The average Bonchev–Trinajstić information content (AvgIpc) is 2.67. The summed E-state index contributed by atoms with van der Waals surface area (Å²) < 4.78 is 6.68. The third kappa shape index (κ3) is 6.31. The summed E-state index contributed by atoms with van der Waals surface area (Å²) in [5, 5.41) is 2.44. The maximum absolute atomic E-state index is 12.1. The van der Waals surface area contributed by atoms with Crippen molar-refractivity contribution in [3.8, 4) is 5.75 Å². The van der Waals surface area contributed by atoms with E-state index in [0.717, 1.165) is 15.6 Å². The van der Waals surface area contributed by atoms with Crippen LogP contribution in [0.15, 0.2) is 46.9 Å². The van der Waals surface area contributed by atoms with Gasteiger partial charge in [-0.2, -0.15) is 0 Å². The Labute approximate surface area is 178 Å². The highest BCUT2D eigenvalue weighted by Gasteiger charge is 2.13. The van der Waals surface area contributed by atoms with Gasteiger partial charge < -0.3 is 4.74 Å². The number of ether oxygens (including phenoxy) is 1. The molecule has 3 N–H and O–H groups in total. The fourth-order valence-electron chi connectivity index (χ4n) is 2.36. The molecule has 0 heterocycles. The third-order valence-corrected chi connectivity index (χ3v) is 4.91. The lowest BCUT2D eigenvalue weighted by Crippen LogP contribution is -2.49. The van der Waals surface area contributed by atoms with Crippen molar-refractivity contribution in [1.82, 2.24) is 16.2 Å². The normalized spacial score (nSPS) is 10.3. The van der Waals surface area contributed by atoms with Crippen molar-refractivity contribution in [1.29, 1.82) is 0 Å². The number of nitrogens with one attached hydrogen (secondary N) is 3. The van der Waals surface area contributed by atoms with Gasteiger partial charge in [0.15, 0.2) is 11.7 Å². The van der Waals surface area contributed by atoms with Gasteiger partial charge >= 0.3 is 0 Å². The molecule has 148 valence electrons. The molecule has 0 unspecified atom stereocenters. The number of hydrazine groups is 1. The van der Waals surface area contributed by atoms with Crippen LogP contribution in [0.1, 0.15) is 41.3 Å². The number of hydrogen-bond donors (Lipinski definition) is 3. The predicted octanol–water partition coefficient (Wildman–Crippen LogP) is 3.60. The molecule has 0 fully saturated rings. The first kappa shape index (κ1) is 21.8. The molecule has 28 heavy (non-hydrogen) atoms. The first-order chi connectivity index (χ1) is 13.3. The first-order valence-corrected chi connectivity index (χ1v) is 9.86. The molecule has 0 spiro atoms. The summed E-state index contributed by atoms with van der Waals surface area (Å²) in [6, 6.07) is 12.5. The van der Waals surface area contributed by atoms with E-state index in [9.17, 15) is 9.59 Å². The van der Waals surface area contributed by atoms with Gasteiger partial charge in [-0.15, -0.1) is 0 Å². The zero-order valence-corrected chi connectivity index (χ0v) is 18.2. The maximum Gasteiger partial charge on any atom is 0.269 e. The van der Waals surface area contributed by atoms with Gasteiger partial charge in [-0.25, -0.2) is 0 Å². The molecule has 2 rings (SSSR count). The van der Waals surface area contributed by atoms with Crippen molar-refractivity contribution in [3.05, 3.63) is 63.6 Å². The third-order valence-electron chi connectivity index (χ3n) is 3.85. The molecule has 0 aromatic heterocycles. The van der Waals surface area contributed by atoms with Crippen molar-refractivity contribution in [2.24, 2.45) is 0 Å². The number of rotatable bonds is 5. The van der Waals surface area contributed by atoms with Gasteiger partial charge in [0.25, 0.3) is 11.8 Å². The molecule has 0 radical (unpaired) electrons. The van der Waals surface area contributed by atoms with Crippen LogP contribution in [0.5, 0.6) is 5.75 Å². The Kier molecular flexibility index (Phi) is 7.95. The lowest BCUT2D eigenvalue weighted by molar-refractivity contribution is -0.121. The van der Waals surface area contributed by atoms with Crippen LogP contribution in [0.2, 0.25) is 0 Å². The molecular weight excluding hydrogens is 442 g/mol. The number of carbonyl (C=O) groups excluding carboxylic acids is 2. The minimum atomic E-state index is -0.429. The van der Waals surface area contributed by atoms with E-state index in [2.05, 4.69) is 45.9 Å². The standard InChI is InChI=1S/C20H22BrN3O3S/c1-12(2)15-10-16(21)13(3)9-17(15)27-11-18(25)22-20(28)24-23-19(26)14-7-5-4-6-8-14/h4-10,12H,11H2,1-3H3,(H,23,26)(H2,22,24,25,28). The van der Waals surface area contributed by atoms with Gasteiger partial charge in [0.1, 0.15) is 5.75 Å². The number of benzene rings is 2. The summed E-state index contributed by atoms with van der Waals surface area (Å²) >= 11 is 8.53. The smallest absolute Gasteiger partial charge is 0.269 e. The summed E-state index contributed by atoms with van der Waals surface area (Å²) in [5.41, 5.74) is 7.41. The molecule has 0 aliphatic carbocycles. The van der Waals surface area contributed by atoms with E-state index in [4.69, 9.17) is 17.0 Å². The van der Waals surface area contributed by atoms with Crippen molar-refractivity contribution < 1.29 is 14.3 Å². The van der Waals surface area contributed by atoms with Gasteiger partial charge in [0.2, 0.25) is 0 Å². The number of carbonyl (C=O) groups is 2. The Bertz CT molecular complexity index is 872. The van der Waals surface area contributed by atoms with Crippen LogP contribution in [0, 0.1) is 6.92 Å². The zero-order chi connectivity index (χ0) is 20.7. The summed E-state index contributed by atoms with van der Waals surface area (Å²) in [6.07, 6.45) is 0. The minimum Gasteiger partial charge on any atom is -0.483 e. The molecule has 2 aromatic rings. The van der Waals surface area contributed by atoms with Crippen molar-refractivity contribution in [2.45, 2.75) is 26.7 Å². The molecule has 0 bridgehead atoms. The number of aryl methyl sites for hydroxylation is 1. The van der Waals surface area contributed by atoms with Crippen molar-refractivity contribution in [3.63, 3.8) is 0 Å². The van der Waals surface area contributed by atoms with Crippen LogP contribution in [-0.2, 0) is 4.79 Å². The molecule has 0 atom stereocenters. The highest BCUT2D eigenvalue weighted by Crippen LogP contribution is 2.32. The average molecular weight is 464 g/mol. The number of amides is 2. The van der Waals surface area contributed by atoms with Gasteiger partial charge in [-0.3, -0.25) is 25.8 Å². The van der Waals surface area contributed by atoms with Crippen LogP contribution in [-0.4, -0.2) is 23.5 Å². The molecule has 0 saturated heterocycles. The van der Waals surface area contributed by atoms with E-state index in [1.54, 1.807) is 24.3 Å². The van der Waals surface area contributed by atoms with Crippen LogP contribution in [0.25, 0.3) is 0 Å². The summed E-state index contributed by atoms with van der Waals surface area (Å²) in [7, 11) is 0. The maximum atomic E-state index is 12.1. The van der Waals surface area contributed by atoms with Crippen LogP contribution in [0.4, 0.5) is 0 Å². The van der Waals surface area contributed by atoms with Crippen LogP contribution in [0.3, 0.4) is 0 Å². The Hall–Kier alpha value is -2.45. The number of hydrogen-bond acceptors (Lipinski definition) is 4. The molecule has 2 amide bonds. The molecule has 0 saturated carbocycles. The van der Waals surface area contributed by atoms with Gasteiger partial charge in [-0.05, 0) is 60.5 Å². The second-order valence-electron chi connectivity index (χ2n) is 6.41. The van der Waals surface area contributed by atoms with Crippen LogP contribution < -0.4 is 20.9 Å². The van der Waals surface area contributed by atoms with E-state index in [1.165, 1.54) is 0 Å². The predicted molar refractivity (Wildman–Crippen MR) is 116 cm³/mol. The topological polar surface area (TPSA) is 79.5 Å². The summed E-state index contributed by atoms with van der Waals surface area (Å²) in [4.78, 5) is 24.0. The summed E-state index contributed by atoms with van der Waals surface area (Å²) in [6.45, 7) is 5.86. The highest BCUT2D eigenvalue weighted by molar-refractivity contribution is 9.10. The Balaban J connectivity index is 1.85. The van der Waals surface area contributed by atoms with Crippen molar-refractivity contribution in [2.75, 3.05) is 6.61 Å². The number of thiocarbonyl (C=S) groups is 1. The van der Waals surface area contributed by atoms with E-state index in [0.29, 0.717) is 11.3 Å². The Morgan fingerprint density at radius 3 is 2.46 bits per heavy atom. The largest absolute Gasteiger partial charge is 0.483 e. The second kappa shape index (κ2) is 10.2. The zero-order valence-electron chi connectivity index (χ0n) is 15.8. The van der Waals surface area contributed by atoms with E-state index in [-0.39, 0.29) is 23.5 Å². The van der Waals surface area contributed by atoms with E-state index >= 15 is 0 Å². The van der Waals surface area contributed by atoms with E-state index in [1.807, 2.05) is 25.1 Å². The second-order valence-corrected chi connectivity index (χ2v) is 7.67. The van der Waals surface area contributed by atoms with Gasteiger partial charge in [-0.1, -0.05) is 48.0 Å². The van der Waals surface area contributed by atoms with E-state index < -0.39 is 5.91 Å². The summed E-state index contributed by atoms with van der Waals surface area (Å²) in [5.74, 6) is 0.107. The fourth-order valence-corrected chi connectivity index (χ4v) is 2.89.